The number of anilines is 2. The highest BCUT2D eigenvalue weighted by molar-refractivity contribution is 5.94. The lowest BCUT2D eigenvalue weighted by Crippen LogP contribution is -2.48. The minimum Gasteiger partial charge on any atom is -0.389 e. The normalized spacial score (nSPS) is 16.5. The van der Waals surface area contributed by atoms with E-state index in [1.165, 1.54) is 18.5 Å². The summed E-state index contributed by atoms with van der Waals surface area (Å²) in [7, 11) is 0. The Morgan fingerprint density at radius 1 is 1.29 bits per heavy atom. The molecule has 1 aromatic rings. The third-order valence-corrected chi connectivity index (χ3v) is 4.53. The van der Waals surface area contributed by atoms with Gasteiger partial charge in [-0.1, -0.05) is 6.92 Å². The van der Waals surface area contributed by atoms with E-state index >= 15 is 0 Å². The lowest BCUT2D eigenvalue weighted by Gasteiger charge is -2.32. The number of hydrogen-bond acceptors (Lipinski definition) is 4. The third kappa shape index (κ3) is 5.21. The largest absolute Gasteiger partial charge is 0.389 e. The maximum Gasteiger partial charge on any atom is 0.241 e. The van der Waals surface area contributed by atoms with Crippen LogP contribution < -0.4 is 10.2 Å². The summed E-state index contributed by atoms with van der Waals surface area (Å²) in [6.07, 6.45) is 2.51. The van der Waals surface area contributed by atoms with Crippen LogP contribution in [0.5, 0.6) is 0 Å². The minimum absolute atomic E-state index is 0.0463. The number of nitrogens with one attached hydrogen (secondary N) is 1. The molecule has 1 saturated heterocycles. The molecule has 1 fully saturated rings. The van der Waals surface area contributed by atoms with Crippen LogP contribution in [0.15, 0.2) is 24.3 Å². The summed E-state index contributed by atoms with van der Waals surface area (Å²) < 4.78 is 0. The number of rotatable bonds is 7. The average molecular weight is 333 g/mol. The van der Waals surface area contributed by atoms with E-state index in [2.05, 4.69) is 22.3 Å². The van der Waals surface area contributed by atoms with Crippen molar-refractivity contribution in [3.63, 3.8) is 0 Å². The van der Waals surface area contributed by atoms with Crippen molar-refractivity contribution < 1.29 is 9.90 Å². The van der Waals surface area contributed by atoms with E-state index in [-0.39, 0.29) is 11.9 Å². The quantitative estimate of drug-likeness (QED) is 0.805. The standard InChI is InChI=1S/C19H31N3O2/c1-5-21(14-19(3,4)24)15(2)18(23)20-16-8-10-17(11-9-16)22-12-6-7-13-22/h8-11,15,24H,5-7,12-14H2,1-4H3,(H,20,23). The highest BCUT2D eigenvalue weighted by Gasteiger charge is 2.25. The summed E-state index contributed by atoms with van der Waals surface area (Å²) >= 11 is 0. The van der Waals surface area contributed by atoms with E-state index in [1.807, 2.05) is 30.9 Å². The Bertz CT molecular complexity index is 531. The predicted octanol–water partition coefficient (Wildman–Crippen LogP) is 2.71. The van der Waals surface area contributed by atoms with Crippen molar-refractivity contribution in [1.29, 1.82) is 0 Å². The van der Waals surface area contributed by atoms with Crippen LogP contribution >= 0.6 is 0 Å². The molecule has 1 unspecified atom stereocenters. The summed E-state index contributed by atoms with van der Waals surface area (Å²) in [4.78, 5) is 16.8. The van der Waals surface area contributed by atoms with Gasteiger partial charge in [-0.3, -0.25) is 9.69 Å². The zero-order valence-electron chi connectivity index (χ0n) is 15.4. The van der Waals surface area contributed by atoms with Crippen LogP contribution in [0.25, 0.3) is 0 Å². The Hall–Kier alpha value is -1.59. The Kier molecular flexibility index (Phi) is 6.24. The molecule has 0 bridgehead atoms. The van der Waals surface area contributed by atoms with E-state index in [0.29, 0.717) is 13.1 Å². The second-order valence-electron chi connectivity index (χ2n) is 7.28. The van der Waals surface area contributed by atoms with Gasteiger partial charge in [0.25, 0.3) is 0 Å². The summed E-state index contributed by atoms with van der Waals surface area (Å²) in [6, 6.07) is 7.77. The van der Waals surface area contributed by atoms with Crippen LogP contribution in [-0.2, 0) is 4.79 Å². The van der Waals surface area contributed by atoms with E-state index in [4.69, 9.17) is 0 Å². The number of aliphatic hydroxyl groups is 1. The topological polar surface area (TPSA) is 55.8 Å². The van der Waals surface area contributed by atoms with E-state index in [9.17, 15) is 9.90 Å². The highest BCUT2D eigenvalue weighted by atomic mass is 16.3. The van der Waals surface area contributed by atoms with Crippen LogP contribution in [0.2, 0.25) is 0 Å². The summed E-state index contributed by atoms with van der Waals surface area (Å²) in [5.41, 5.74) is 1.21. The van der Waals surface area contributed by atoms with Crippen molar-refractivity contribution in [2.75, 3.05) is 36.4 Å². The molecule has 1 atom stereocenters. The number of benzene rings is 1. The summed E-state index contributed by atoms with van der Waals surface area (Å²) in [6.45, 7) is 10.8. The van der Waals surface area contributed by atoms with Crippen molar-refractivity contribution in [2.24, 2.45) is 0 Å². The molecule has 0 spiro atoms. The van der Waals surface area contributed by atoms with Gasteiger partial charge in [0, 0.05) is 31.0 Å². The van der Waals surface area contributed by atoms with Crippen molar-refractivity contribution in [3.05, 3.63) is 24.3 Å². The number of hydrogen-bond donors (Lipinski definition) is 2. The van der Waals surface area contributed by atoms with Gasteiger partial charge < -0.3 is 15.3 Å². The van der Waals surface area contributed by atoms with Gasteiger partial charge in [0.2, 0.25) is 5.91 Å². The highest BCUT2D eigenvalue weighted by Crippen LogP contribution is 2.22. The number of nitrogens with zero attached hydrogens (tertiary/aromatic N) is 2. The number of carbonyl (C=O) groups is 1. The van der Waals surface area contributed by atoms with Crippen LogP contribution in [0.1, 0.15) is 40.5 Å². The summed E-state index contributed by atoms with van der Waals surface area (Å²) in [5, 5.41) is 13.0. The molecule has 1 aliphatic rings. The zero-order valence-corrected chi connectivity index (χ0v) is 15.4. The molecule has 1 amide bonds. The zero-order chi connectivity index (χ0) is 17.7. The van der Waals surface area contributed by atoms with Crippen LogP contribution in [0.3, 0.4) is 0 Å². The molecule has 1 aromatic carbocycles. The fourth-order valence-corrected chi connectivity index (χ4v) is 3.16. The van der Waals surface area contributed by atoms with Gasteiger partial charge in [-0.05, 0) is 64.4 Å². The predicted molar refractivity (Wildman–Crippen MR) is 99.5 cm³/mol. The summed E-state index contributed by atoms with van der Waals surface area (Å²) in [5.74, 6) is -0.0463. The second kappa shape index (κ2) is 7.99. The van der Waals surface area contributed by atoms with Gasteiger partial charge in [0.1, 0.15) is 0 Å². The lowest BCUT2D eigenvalue weighted by molar-refractivity contribution is -0.121. The van der Waals surface area contributed by atoms with E-state index < -0.39 is 5.60 Å². The van der Waals surface area contributed by atoms with E-state index in [0.717, 1.165) is 18.8 Å². The fourth-order valence-electron chi connectivity index (χ4n) is 3.16. The van der Waals surface area contributed by atoms with Gasteiger partial charge in [-0.15, -0.1) is 0 Å². The molecule has 2 rings (SSSR count). The molecule has 0 saturated carbocycles. The Morgan fingerprint density at radius 3 is 2.38 bits per heavy atom. The Balaban J connectivity index is 1.95. The molecule has 5 nitrogen and oxygen atoms in total. The van der Waals surface area contributed by atoms with Crippen LogP contribution in [-0.4, -0.2) is 53.7 Å². The van der Waals surface area contributed by atoms with Crippen LogP contribution in [0.4, 0.5) is 11.4 Å². The van der Waals surface area contributed by atoms with E-state index in [1.54, 1.807) is 13.8 Å². The molecule has 0 radical (unpaired) electrons. The van der Waals surface area contributed by atoms with Gasteiger partial charge in [0.15, 0.2) is 0 Å². The van der Waals surface area contributed by atoms with Crippen LogP contribution in [0, 0.1) is 0 Å². The van der Waals surface area contributed by atoms with Crippen molar-refractivity contribution in [3.8, 4) is 0 Å². The molecule has 24 heavy (non-hydrogen) atoms. The molecule has 2 N–H and O–H groups in total. The van der Waals surface area contributed by atoms with Gasteiger partial charge in [-0.25, -0.2) is 0 Å². The Labute approximate surface area is 145 Å². The molecule has 1 heterocycles. The first-order chi connectivity index (χ1) is 11.3. The van der Waals surface area contributed by atoms with Gasteiger partial charge >= 0.3 is 0 Å². The van der Waals surface area contributed by atoms with Crippen molar-refractivity contribution >= 4 is 17.3 Å². The van der Waals surface area contributed by atoms with Crippen molar-refractivity contribution in [1.82, 2.24) is 4.90 Å². The fraction of sp³-hybridized carbons (Fsp3) is 0.632. The van der Waals surface area contributed by atoms with Crippen molar-refractivity contribution in [2.45, 2.75) is 52.2 Å². The maximum atomic E-state index is 12.5. The molecule has 1 aliphatic heterocycles. The molecule has 134 valence electrons. The van der Waals surface area contributed by atoms with Gasteiger partial charge in [-0.2, -0.15) is 0 Å². The first-order valence-corrected chi connectivity index (χ1v) is 8.92. The molecule has 0 aliphatic carbocycles. The number of likely N-dealkylation sites (N-methyl/N-ethyl adjacent to an activating group) is 1. The maximum absolute atomic E-state index is 12.5. The number of carbonyl (C=O) groups excluding carboxylic acids is 1. The number of amides is 1. The first kappa shape index (κ1) is 18.7. The molecular weight excluding hydrogens is 302 g/mol. The molecule has 5 heteroatoms. The second-order valence-corrected chi connectivity index (χ2v) is 7.28. The molecular formula is C19H31N3O2. The Morgan fingerprint density at radius 2 is 1.88 bits per heavy atom. The molecule has 0 aromatic heterocycles. The minimum atomic E-state index is -0.818. The SMILES string of the molecule is CCN(CC(C)(C)O)C(C)C(=O)Nc1ccc(N2CCCC2)cc1. The van der Waals surface area contributed by atoms with Gasteiger partial charge in [0.05, 0.1) is 11.6 Å². The monoisotopic (exact) mass is 333 g/mol. The third-order valence-electron chi connectivity index (χ3n) is 4.53. The average Bonchev–Trinajstić information content (AvgIpc) is 3.06. The smallest absolute Gasteiger partial charge is 0.241 e. The first-order valence-electron chi connectivity index (χ1n) is 8.92. The lowest BCUT2D eigenvalue weighted by atomic mass is 10.1.